The Morgan fingerprint density at radius 3 is 2.20 bits per heavy atom. The van der Waals surface area contributed by atoms with Gasteiger partial charge in [-0.2, -0.15) is 0 Å². The van der Waals surface area contributed by atoms with Gasteiger partial charge in [-0.3, -0.25) is 0 Å². The van der Waals surface area contributed by atoms with Crippen LogP contribution in [0, 0.1) is 20.3 Å². The lowest BCUT2D eigenvalue weighted by atomic mass is 10.0. The largest absolute Gasteiger partial charge is 0.491 e. The molecule has 0 bridgehead atoms. The van der Waals surface area contributed by atoms with Crippen LogP contribution >= 0.6 is 0 Å². The fourth-order valence-electron chi connectivity index (χ4n) is 1.61. The van der Waals surface area contributed by atoms with Crippen molar-refractivity contribution in [2.24, 2.45) is 0 Å². The van der Waals surface area contributed by atoms with Gasteiger partial charge in [0.2, 0.25) is 0 Å². The second-order valence-electron chi connectivity index (χ2n) is 3.61. The minimum atomic E-state index is 0.605. The van der Waals surface area contributed by atoms with Crippen LogP contribution in [0.15, 0.2) is 12.1 Å². The van der Waals surface area contributed by atoms with Crippen LogP contribution in [-0.2, 0) is 4.74 Å². The summed E-state index contributed by atoms with van der Waals surface area (Å²) in [4.78, 5) is 0. The van der Waals surface area contributed by atoms with E-state index in [1.165, 1.54) is 16.7 Å². The second kappa shape index (κ2) is 5.76. The molecule has 0 heterocycles. The molecule has 1 radical (unpaired) electrons. The number of aryl methyl sites for hydroxylation is 2. The number of hydrogen-bond acceptors (Lipinski definition) is 2. The Labute approximate surface area is 92.2 Å². The summed E-state index contributed by atoms with van der Waals surface area (Å²) in [6.07, 6.45) is 2.10. The van der Waals surface area contributed by atoms with Crippen molar-refractivity contribution >= 4 is 0 Å². The summed E-state index contributed by atoms with van der Waals surface area (Å²) in [5, 5.41) is 0. The SMILES string of the molecule is C[CH]c1cc(C)c(OCCOC)c(C)c1. The number of ether oxygens (including phenoxy) is 2. The van der Waals surface area contributed by atoms with Crippen molar-refractivity contribution in [3.05, 3.63) is 35.2 Å². The van der Waals surface area contributed by atoms with Gasteiger partial charge in [0.1, 0.15) is 12.4 Å². The Bertz CT molecular complexity index is 295. The number of methoxy groups -OCH3 is 1. The molecule has 0 saturated heterocycles. The summed E-state index contributed by atoms with van der Waals surface area (Å²) in [7, 11) is 1.68. The fraction of sp³-hybridized carbons (Fsp3) is 0.462. The molecular weight excluding hydrogens is 188 g/mol. The quantitative estimate of drug-likeness (QED) is 0.691. The Morgan fingerprint density at radius 2 is 1.73 bits per heavy atom. The molecule has 0 N–H and O–H groups in total. The van der Waals surface area contributed by atoms with Crippen LogP contribution in [0.2, 0.25) is 0 Å². The van der Waals surface area contributed by atoms with Gasteiger partial charge in [-0.25, -0.2) is 0 Å². The van der Waals surface area contributed by atoms with Crippen LogP contribution in [-0.4, -0.2) is 20.3 Å². The predicted molar refractivity (Wildman–Crippen MR) is 62.4 cm³/mol. The van der Waals surface area contributed by atoms with E-state index in [0.29, 0.717) is 13.2 Å². The Hall–Kier alpha value is -1.02. The average Bonchev–Trinajstić information content (AvgIpc) is 2.22. The van der Waals surface area contributed by atoms with E-state index in [1.807, 2.05) is 6.92 Å². The molecule has 0 saturated carbocycles. The highest BCUT2D eigenvalue weighted by Crippen LogP contribution is 2.25. The van der Waals surface area contributed by atoms with Gasteiger partial charge in [-0.15, -0.1) is 0 Å². The molecule has 1 aromatic carbocycles. The minimum Gasteiger partial charge on any atom is -0.491 e. The van der Waals surface area contributed by atoms with Gasteiger partial charge in [-0.05, 0) is 37.0 Å². The van der Waals surface area contributed by atoms with Crippen molar-refractivity contribution in [1.82, 2.24) is 0 Å². The van der Waals surface area contributed by atoms with E-state index in [4.69, 9.17) is 9.47 Å². The normalized spacial score (nSPS) is 10.4. The molecule has 1 rings (SSSR count). The van der Waals surface area contributed by atoms with Gasteiger partial charge in [0, 0.05) is 7.11 Å². The van der Waals surface area contributed by atoms with Gasteiger partial charge < -0.3 is 9.47 Å². The first kappa shape index (κ1) is 12.1. The maximum atomic E-state index is 5.67. The zero-order valence-electron chi connectivity index (χ0n) is 9.96. The molecule has 83 valence electrons. The zero-order chi connectivity index (χ0) is 11.3. The molecule has 0 fully saturated rings. The summed E-state index contributed by atoms with van der Waals surface area (Å²) in [5.74, 6) is 0.984. The molecule has 0 unspecified atom stereocenters. The first-order chi connectivity index (χ1) is 7.19. The lowest BCUT2D eigenvalue weighted by Gasteiger charge is -2.13. The number of rotatable bonds is 5. The maximum Gasteiger partial charge on any atom is 0.125 e. The highest BCUT2D eigenvalue weighted by molar-refractivity contribution is 5.45. The molecular formula is C13H19O2. The third-order valence-corrected chi connectivity index (χ3v) is 2.35. The van der Waals surface area contributed by atoms with Crippen LogP contribution in [0.4, 0.5) is 0 Å². The second-order valence-corrected chi connectivity index (χ2v) is 3.61. The highest BCUT2D eigenvalue weighted by Gasteiger charge is 2.05. The predicted octanol–water partition coefficient (Wildman–Crippen LogP) is 2.90. The van der Waals surface area contributed by atoms with Crippen molar-refractivity contribution in [3.63, 3.8) is 0 Å². The Morgan fingerprint density at radius 1 is 1.13 bits per heavy atom. The monoisotopic (exact) mass is 207 g/mol. The molecule has 15 heavy (non-hydrogen) atoms. The molecule has 0 aliphatic heterocycles. The van der Waals surface area contributed by atoms with E-state index in [-0.39, 0.29) is 0 Å². The van der Waals surface area contributed by atoms with E-state index in [0.717, 1.165) is 5.75 Å². The third kappa shape index (κ3) is 3.24. The summed E-state index contributed by atoms with van der Waals surface area (Å²) < 4.78 is 10.6. The topological polar surface area (TPSA) is 18.5 Å². The Balaban J connectivity index is 2.79. The summed E-state index contributed by atoms with van der Waals surface area (Å²) in [6, 6.07) is 4.27. The van der Waals surface area contributed by atoms with Crippen LogP contribution in [0.5, 0.6) is 5.75 Å². The molecule has 0 aromatic heterocycles. The molecule has 0 spiro atoms. The van der Waals surface area contributed by atoms with Gasteiger partial charge >= 0.3 is 0 Å². The molecule has 0 amide bonds. The molecule has 2 heteroatoms. The fourth-order valence-corrected chi connectivity index (χ4v) is 1.61. The van der Waals surface area contributed by atoms with Crippen molar-refractivity contribution in [3.8, 4) is 5.75 Å². The standard InChI is InChI=1S/C13H19O2/c1-5-12-8-10(2)13(11(3)9-12)15-7-6-14-4/h5,8-9H,6-7H2,1-4H3. The van der Waals surface area contributed by atoms with Crippen molar-refractivity contribution in [2.75, 3.05) is 20.3 Å². The van der Waals surface area contributed by atoms with E-state index >= 15 is 0 Å². The number of hydrogen-bond donors (Lipinski definition) is 0. The lowest BCUT2D eigenvalue weighted by molar-refractivity contribution is 0.145. The van der Waals surface area contributed by atoms with Crippen molar-refractivity contribution in [2.45, 2.75) is 20.8 Å². The van der Waals surface area contributed by atoms with E-state index in [1.54, 1.807) is 7.11 Å². The van der Waals surface area contributed by atoms with Crippen LogP contribution in [0.1, 0.15) is 23.6 Å². The van der Waals surface area contributed by atoms with Crippen molar-refractivity contribution in [1.29, 1.82) is 0 Å². The van der Waals surface area contributed by atoms with Gasteiger partial charge in [0.25, 0.3) is 0 Å². The lowest BCUT2D eigenvalue weighted by Crippen LogP contribution is -2.06. The summed E-state index contributed by atoms with van der Waals surface area (Å²) >= 11 is 0. The first-order valence-corrected chi connectivity index (χ1v) is 5.21. The van der Waals surface area contributed by atoms with E-state index in [2.05, 4.69) is 32.4 Å². The average molecular weight is 207 g/mol. The third-order valence-electron chi connectivity index (χ3n) is 2.35. The smallest absolute Gasteiger partial charge is 0.125 e. The first-order valence-electron chi connectivity index (χ1n) is 5.21. The van der Waals surface area contributed by atoms with Gasteiger partial charge in [0.05, 0.1) is 6.61 Å². The maximum absolute atomic E-state index is 5.67. The summed E-state index contributed by atoms with van der Waals surface area (Å²) in [5.41, 5.74) is 3.60. The highest BCUT2D eigenvalue weighted by atomic mass is 16.5. The van der Waals surface area contributed by atoms with E-state index < -0.39 is 0 Å². The van der Waals surface area contributed by atoms with Gasteiger partial charge in [-0.1, -0.05) is 19.1 Å². The number of benzene rings is 1. The summed E-state index contributed by atoms with van der Waals surface area (Å²) in [6.45, 7) is 7.41. The molecule has 0 aliphatic carbocycles. The van der Waals surface area contributed by atoms with Crippen LogP contribution < -0.4 is 4.74 Å². The molecule has 2 nitrogen and oxygen atoms in total. The molecule has 0 atom stereocenters. The van der Waals surface area contributed by atoms with Crippen molar-refractivity contribution < 1.29 is 9.47 Å². The van der Waals surface area contributed by atoms with E-state index in [9.17, 15) is 0 Å². The minimum absolute atomic E-state index is 0.605. The van der Waals surface area contributed by atoms with Gasteiger partial charge in [0.15, 0.2) is 0 Å². The van der Waals surface area contributed by atoms with Crippen LogP contribution in [0.3, 0.4) is 0 Å². The van der Waals surface area contributed by atoms with Crippen LogP contribution in [0.25, 0.3) is 0 Å². The zero-order valence-corrected chi connectivity index (χ0v) is 9.96. The molecule has 0 aliphatic rings. The Kier molecular flexibility index (Phi) is 4.63. The molecule has 1 aromatic rings.